The van der Waals surface area contributed by atoms with Crippen LogP contribution in [0.5, 0.6) is 0 Å². The maximum Gasteiger partial charge on any atom is 0.306 e. The minimum atomic E-state index is -0.809. The van der Waals surface area contributed by atoms with Crippen LogP contribution in [0.2, 0.25) is 0 Å². The molecule has 1 unspecified atom stereocenters. The zero-order valence-electron chi connectivity index (χ0n) is 48.8. The molecule has 6 heteroatoms. The van der Waals surface area contributed by atoms with E-state index in [9.17, 15) is 14.4 Å². The Labute approximate surface area is 462 Å². The number of carbonyl (C=O) groups is 3. The van der Waals surface area contributed by atoms with E-state index in [4.69, 9.17) is 14.2 Å². The number of allylic oxidation sites excluding steroid dienone is 20. The second-order valence-electron chi connectivity index (χ2n) is 20.2. The lowest BCUT2D eigenvalue weighted by molar-refractivity contribution is -0.167. The molecule has 0 N–H and O–H groups in total. The van der Waals surface area contributed by atoms with Crippen LogP contribution in [0.1, 0.15) is 278 Å². The smallest absolute Gasteiger partial charge is 0.306 e. The van der Waals surface area contributed by atoms with Crippen LogP contribution < -0.4 is 0 Å². The quantitative estimate of drug-likeness (QED) is 0.0261. The summed E-state index contributed by atoms with van der Waals surface area (Å²) >= 11 is 0. The van der Waals surface area contributed by atoms with Gasteiger partial charge < -0.3 is 14.2 Å². The Morgan fingerprint density at radius 2 is 0.520 bits per heavy atom. The number of carbonyl (C=O) groups excluding carboxylic acids is 3. The van der Waals surface area contributed by atoms with Crippen molar-refractivity contribution in [3.8, 4) is 0 Å². The summed E-state index contributed by atoms with van der Waals surface area (Å²) < 4.78 is 16.9. The maximum atomic E-state index is 12.9. The fourth-order valence-corrected chi connectivity index (χ4v) is 8.34. The molecule has 0 spiro atoms. The first-order valence-electron chi connectivity index (χ1n) is 31.0. The van der Waals surface area contributed by atoms with E-state index < -0.39 is 6.10 Å². The van der Waals surface area contributed by atoms with Gasteiger partial charge in [-0.15, -0.1) is 0 Å². The van der Waals surface area contributed by atoms with Crippen LogP contribution in [-0.2, 0) is 28.6 Å². The van der Waals surface area contributed by atoms with Gasteiger partial charge in [0, 0.05) is 19.3 Å². The van der Waals surface area contributed by atoms with E-state index in [1.807, 2.05) is 0 Å². The van der Waals surface area contributed by atoms with E-state index >= 15 is 0 Å². The molecule has 0 heterocycles. The molecule has 0 bridgehead atoms. The molecule has 75 heavy (non-hydrogen) atoms. The topological polar surface area (TPSA) is 78.9 Å². The van der Waals surface area contributed by atoms with Crippen LogP contribution in [0.25, 0.3) is 0 Å². The molecule has 0 aromatic carbocycles. The Balaban J connectivity index is 4.34. The van der Waals surface area contributed by atoms with Crippen molar-refractivity contribution in [1.29, 1.82) is 0 Å². The van der Waals surface area contributed by atoms with Crippen molar-refractivity contribution in [2.45, 2.75) is 284 Å². The van der Waals surface area contributed by atoms with E-state index in [1.54, 1.807) is 0 Å². The highest BCUT2D eigenvalue weighted by molar-refractivity contribution is 5.71. The summed E-state index contributed by atoms with van der Waals surface area (Å²) in [5.74, 6) is -0.955. The minimum absolute atomic E-state index is 0.101. The summed E-state index contributed by atoms with van der Waals surface area (Å²) in [5.41, 5.74) is 0. The Morgan fingerprint density at radius 1 is 0.280 bits per heavy atom. The normalized spacial score (nSPS) is 12.9. The molecule has 0 aliphatic carbocycles. The first kappa shape index (κ1) is 70.8. The van der Waals surface area contributed by atoms with Gasteiger partial charge in [-0.3, -0.25) is 14.4 Å². The molecule has 0 aliphatic rings. The van der Waals surface area contributed by atoms with Crippen LogP contribution in [0.15, 0.2) is 122 Å². The first-order chi connectivity index (χ1) is 37.0. The number of hydrogen-bond donors (Lipinski definition) is 0. The highest BCUT2D eigenvalue weighted by atomic mass is 16.6. The van der Waals surface area contributed by atoms with Gasteiger partial charge in [-0.05, 0) is 128 Å². The van der Waals surface area contributed by atoms with Crippen molar-refractivity contribution in [3.05, 3.63) is 122 Å². The van der Waals surface area contributed by atoms with Crippen LogP contribution in [0.3, 0.4) is 0 Å². The number of hydrogen-bond acceptors (Lipinski definition) is 6. The molecule has 426 valence electrons. The molecule has 0 aromatic heterocycles. The van der Waals surface area contributed by atoms with Crippen molar-refractivity contribution < 1.29 is 28.6 Å². The van der Waals surface area contributed by atoms with E-state index in [0.29, 0.717) is 19.3 Å². The average molecular weight is 1040 g/mol. The van der Waals surface area contributed by atoms with E-state index in [0.717, 1.165) is 128 Å². The lowest BCUT2D eigenvalue weighted by Crippen LogP contribution is -2.30. The van der Waals surface area contributed by atoms with Gasteiger partial charge in [-0.2, -0.15) is 0 Å². The molecule has 6 nitrogen and oxygen atoms in total. The number of ether oxygens (including phenoxy) is 3. The molecule has 1 atom stereocenters. The van der Waals surface area contributed by atoms with Crippen molar-refractivity contribution in [1.82, 2.24) is 0 Å². The molecule has 0 saturated heterocycles. The van der Waals surface area contributed by atoms with Crippen molar-refractivity contribution in [3.63, 3.8) is 0 Å². The van der Waals surface area contributed by atoms with Crippen LogP contribution >= 0.6 is 0 Å². The lowest BCUT2D eigenvalue weighted by Gasteiger charge is -2.18. The minimum Gasteiger partial charge on any atom is -0.462 e. The molecule has 0 rings (SSSR count). The highest BCUT2D eigenvalue weighted by Gasteiger charge is 2.19. The first-order valence-corrected chi connectivity index (χ1v) is 31.0. The van der Waals surface area contributed by atoms with Crippen molar-refractivity contribution in [2.75, 3.05) is 13.2 Å². The van der Waals surface area contributed by atoms with Gasteiger partial charge in [0.2, 0.25) is 0 Å². The number of esters is 3. The van der Waals surface area contributed by atoms with Gasteiger partial charge in [-0.1, -0.05) is 251 Å². The molecule has 0 aromatic rings. The van der Waals surface area contributed by atoms with Gasteiger partial charge in [-0.25, -0.2) is 0 Å². The van der Waals surface area contributed by atoms with Crippen molar-refractivity contribution >= 4 is 17.9 Å². The maximum absolute atomic E-state index is 12.9. The predicted molar refractivity (Wildman–Crippen MR) is 325 cm³/mol. The molecular formula is C69H114O6. The third kappa shape index (κ3) is 60.6. The van der Waals surface area contributed by atoms with E-state index in [-0.39, 0.29) is 37.5 Å². The molecule has 0 amide bonds. The summed E-state index contributed by atoms with van der Waals surface area (Å²) in [7, 11) is 0. The molecule has 0 fully saturated rings. The predicted octanol–water partition coefficient (Wildman–Crippen LogP) is 21.2. The zero-order chi connectivity index (χ0) is 54.3. The molecule has 0 aliphatic heterocycles. The molecule has 0 radical (unpaired) electrons. The van der Waals surface area contributed by atoms with Gasteiger partial charge in [0.15, 0.2) is 6.10 Å². The molecule has 0 saturated carbocycles. The Morgan fingerprint density at radius 3 is 0.840 bits per heavy atom. The Kier molecular flexibility index (Phi) is 58.9. The van der Waals surface area contributed by atoms with E-state index in [1.165, 1.54) is 103 Å². The van der Waals surface area contributed by atoms with Gasteiger partial charge in [0.25, 0.3) is 0 Å². The summed E-state index contributed by atoms with van der Waals surface area (Å²) in [6, 6.07) is 0. The lowest BCUT2D eigenvalue weighted by atomic mass is 10.0. The van der Waals surface area contributed by atoms with Crippen LogP contribution in [-0.4, -0.2) is 37.2 Å². The average Bonchev–Trinajstić information content (AvgIpc) is 3.41. The third-order valence-corrected chi connectivity index (χ3v) is 12.9. The van der Waals surface area contributed by atoms with Crippen LogP contribution in [0.4, 0.5) is 0 Å². The van der Waals surface area contributed by atoms with Crippen molar-refractivity contribution in [2.24, 2.45) is 0 Å². The van der Waals surface area contributed by atoms with Crippen LogP contribution in [0, 0.1) is 0 Å². The standard InChI is InChI=1S/C69H114O6/c1-4-7-10-13-16-19-22-25-28-29-30-31-32-33-34-35-36-37-38-39-42-44-47-50-53-56-59-62-68(71)74-65-66(75-69(72)63-60-57-54-51-48-45-41-27-24-21-18-15-12-9-6-3)64-73-67(70)61-58-55-52-49-46-43-40-26-23-20-17-14-11-8-5-2/h7,9-10,12,16-21,25-28,30-31,40-41,48,51,66H,4-6,8,11,13-15,22-24,29,32-39,42-47,49-50,52-65H2,1-3H3/b10-7-,12-9-,19-16-,20-17-,21-18-,28-25-,31-30-,40-26-,41-27-,51-48-. The zero-order valence-corrected chi connectivity index (χ0v) is 48.8. The number of rotatable bonds is 55. The second kappa shape index (κ2) is 62.4. The van der Waals surface area contributed by atoms with Gasteiger partial charge in [0.1, 0.15) is 13.2 Å². The van der Waals surface area contributed by atoms with Gasteiger partial charge >= 0.3 is 17.9 Å². The summed E-state index contributed by atoms with van der Waals surface area (Å²) in [5, 5.41) is 0. The Hall–Kier alpha value is -4.19. The monoisotopic (exact) mass is 1040 g/mol. The summed E-state index contributed by atoms with van der Waals surface area (Å²) in [4.78, 5) is 38.2. The van der Waals surface area contributed by atoms with E-state index in [2.05, 4.69) is 142 Å². The second-order valence-corrected chi connectivity index (χ2v) is 20.2. The third-order valence-electron chi connectivity index (χ3n) is 12.9. The highest BCUT2D eigenvalue weighted by Crippen LogP contribution is 2.15. The Bertz CT molecular complexity index is 1570. The molecular weight excluding hydrogens is 925 g/mol. The number of unbranched alkanes of at least 4 members (excludes halogenated alkanes) is 24. The van der Waals surface area contributed by atoms with Gasteiger partial charge in [0.05, 0.1) is 0 Å². The fraction of sp³-hybridized carbons (Fsp3) is 0.667. The fourth-order valence-electron chi connectivity index (χ4n) is 8.34. The SMILES string of the molecule is CC/C=C\C/C=C\C/C=C\C/C=C\CCCCCCCCCCCCCCCCC(=O)OCC(COC(=O)CCCCCCC/C=C\C/C=C\CCCCC)OC(=O)CCCC/C=C\C/C=C\C/C=C\C/C=C\CC. The largest absolute Gasteiger partial charge is 0.462 e. The summed E-state index contributed by atoms with van der Waals surface area (Å²) in [6.45, 7) is 6.35. The summed E-state index contributed by atoms with van der Waals surface area (Å²) in [6.07, 6.45) is 86.4.